The third-order valence-corrected chi connectivity index (χ3v) is 2.14. The number of amides is 1. The SMILES string of the molecule is COC(=O)C(O)CNC(=O)CCc1ccco1. The Morgan fingerprint density at radius 2 is 2.35 bits per heavy atom. The maximum atomic E-state index is 11.3. The molecule has 0 aliphatic carbocycles. The van der Waals surface area contributed by atoms with E-state index in [0.29, 0.717) is 12.2 Å². The number of carbonyl (C=O) groups excluding carboxylic acids is 2. The maximum Gasteiger partial charge on any atom is 0.336 e. The number of esters is 1. The van der Waals surface area contributed by atoms with Crippen molar-refractivity contribution in [1.29, 1.82) is 0 Å². The van der Waals surface area contributed by atoms with Crippen LogP contribution in [0.2, 0.25) is 0 Å². The molecule has 6 heteroatoms. The Balaban J connectivity index is 2.19. The van der Waals surface area contributed by atoms with Crippen molar-refractivity contribution in [3.05, 3.63) is 24.2 Å². The van der Waals surface area contributed by atoms with Crippen LogP contribution in [0.1, 0.15) is 12.2 Å². The lowest BCUT2D eigenvalue weighted by Crippen LogP contribution is -2.37. The standard InChI is InChI=1S/C11H15NO5/c1-16-11(15)9(13)7-12-10(14)5-4-8-3-2-6-17-8/h2-3,6,9,13H,4-5,7H2,1H3,(H,12,14). The van der Waals surface area contributed by atoms with E-state index in [0.717, 1.165) is 0 Å². The summed E-state index contributed by atoms with van der Waals surface area (Å²) < 4.78 is 9.37. The summed E-state index contributed by atoms with van der Waals surface area (Å²) in [6.45, 7) is -0.149. The minimum Gasteiger partial charge on any atom is -0.469 e. The fraction of sp³-hybridized carbons (Fsp3) is 0.455. The van der Waals surface area contributed by atoms with Crippen LogP contribution in [-0.4, -0.2) is 36.7 Å². The Morgan fingerprint density at radius 1 is 1.59 bits per heavy atom. The summed E-state index contributed by atoms with van der Waals surface area (Å²) >= 11 is 0. The van der Waals surface area contributed by atoms with Crippen molar-refractivity contribution < 1.29 is 23.8 Å². The Bertz CT molecular complexity index is 360. The van der Waals surface area contributed by atoms with Crippen molar-refractivity contribution >= 4 is 11.9 Å². The summed E-state index contributed by atoms with van der Waals surface area (Å²) in [5.74, 6) is -0.311. The molecule has 0 aliphatic heterocycles. The molecule has 0 aromatic carbocycles. The molecule has 2 N–H and O–H groups in total. The van der Waals surface area contributed by atoms with Gasteiger partial charge in [0.1, 0.15) is 5.76 Å². The first kappa shape index (κ1) is 13.2. The third kappa shape index (κ3) is 4.69. The molecule has 0 radical (unpaired) electrons. The van der Waals surface area contributed by atoms with E-state index in [1.54, 1.807) is 12.1 Å². The second-order valence-electron chi connectivity index (χ2n) is 3.42. The number of rotatable bonds is 6. The van der Waals surface area contributed by atoms with Crippen molar-refractivity contribution in [2.75, 3.05) is 13.7 Å². The quantitative estimate of drug-likeness (QED) is 0.677. The van der Waals surface area contributed by atoms with Gasteiger partial charge in [-0.25, -0.2) is 4.79 Å². The van der Waals surface area contributed by atoms with Gasteiger partial charge in [0.15, 0.2) is 6.10 Å². The van der Waals surface area contributed by atoms with Crippen LogP contribution in [0.25, 0.3) is 0 Å². The molecular weight excluding hydrogens is 226 g/mol. The Labute approximate surface area is 98.6 Å². The van der Waals surface area contributed by atoms with Crippen LogP contribution < -0.4 is 5.32 Å². The van der Waals surface area contributed by atoms with E-state index in [2.05, 4.69) is 10.1 Å². The zero-order valence-electron chi connectivity index (χ0n) is 9.51. The lowest BCUT2D eigenvalue weighted by molar-refractivity contribution is -0.150. The predicted molar refractivity (Wildman–Crippen MR) is 58.1 cm³/mol. The van der Waals surface area contributed by atoms with Crippen LogP contribution in [0.5, 0.6) is 0 Å². The number of carbonyl (C=O) groups is 2. The Hall–Kier alpha value is -1.82. The zero-order valence-corrected chi connectivity index (χ0v) is 9.51. The van der Waals surface area contributed by atoms with E-state index in [-0.39, 0.29) is 18.9 Å². The van der Waals surface area contributed by atoms with Crippen LogP contribution in [0.15, 0.2) is 22.8 Å². The summed E-state index contributed by atoms with van der Waals surface area (Å²) in [4.78, 5) is 22.2. The molecule has 1 atom stereocenters. The van der Waals surface area contributed by atoms with Gasteiger partial charge in [0, 0.05) is 12.8 Å². The fourth-order valence-corrected chi connectivity index (χ4v) is 1.21. The Morgan fingerprint density at radius 3 is 2.94 bits per heavy atom. The van der Waals surface area contributed by atoms with Gasteiger partial charge in [-0.3, -0.25) is 4.79 Å². The number of nitrogens with one attached hydrogen (secondary N) is 1. The maximum absolute atomic E-state index is 11.3. The summed E-state index contributed by atoms with van der Waals surface area (Å²) in [6, 6.07) is 3.52. The van der Waals surface area contributed by atoms with E-state index in [4.69, 9.17) is 4.42 Å². The van der Waals surface area contributed by atoms with E-state index < -0.39 is 12.1 Å². The number of furan rings is 1. The van der Waals surface area contributed by atoms with Gasteiger partial charge in [-0.1, -0.05) is 0 Å². The summed E-state index contributed by atoms with van der Waals surface area (Å²) in [5, 5.41) is 11.6. The van der Waals surface area contributed by atoms with Gasteiger partial charge >= 0.3 is 5.97 Å². The first-order valence-corrected chi connectivity index (χ1v) is 5.18. The number of aliphatic hydroxyl groups is 1. The fourth-order valence-electron chi connectivity index (χ4n) is 1.21. The smallest absolute Gasteiger partial charge is 0.336 e. The van der Waals surface area contributed by atoms with Gasteiger partial charge in [-0.2, -0.15) is 0 Å². The molecule has 1 rings (SSSR count). The highest BCUT2D eigenvalue weighted by Crippen LogP contribution is 2.03. The van der Waals surface area contributed by atoms with E-state index >= 15 is 0 Å². The van der Waals surface area contributed by atoms with Crippen molar-refractivity contribution in [3.63, 3.8) is 0 Å². The zero-order chi connectivity index (χ0) is 12.7. The highest BCUT2D eigenvalue weighted by Gasteiger charge is 2.15. The van der Waals surface area contributed by atoms with Crippen LogP contribution in [0, 0.1) is 0 Å². The van der Waals surface area contributed by atoms with Crippen molar-refractivity contribution in [1.82, 2.24) is 5.32 Å². The lowest BCUT2D eigenvalue weighted by Gasteiger charge is -2.09. The van der Waals surface area contributed by atoms with Crippen LogP contribution >= 0.6 is 0 Å². The number of aryl methyl sites for hydroxylation is 1. The van der Waals surface area contributed by atoms with Gasteiger partial charge < -0.3 is 19.6 Å². The molecule has 1 aromatic rings. The molecular formula is C11H15NO5. The number of hydrogen-bond acceptors (Lipinski definition) is 5. The molecule has 0 saturated heterocycles. The largest absolute Gasteiger partial charge is 0.469 e. The number of methoxy groups -OCH3 is 1. The van der Waals surface area contributed by atoms with Crippen molar-refractivity contribution in [2.24, 2.45) is 0 Å². The van der Waals surface area contributed by atoms with Gasteiger partial charge in [0.25, 0.3) is 0 Å². The average Bonchev–Trinajstić information content (AvgIpc) is 2.85. The molecule has 94 valence electrons. The molecule has 0 aliphatic rings. The molecule has 0 fully saturated rings. The second-order valence-corrected chi connectivity index (χ2v) is 3.42. The molecule has 1 heterocycles. The topological polar surface area (TPSA) is 88.8 Å². The minimum atomic E-state index is -1.33. The van der Waals surface area contributed by atoms with E-state index in [1.807, 2.05) is 0 Å². The highest BCUT2D eigenvalue weighted by molar-refractivity contribution is 5.78. The van der Waals surface area contributed by atoms with Crippen LogP contribution in [0.4, 0.5) is 0 Å². The summed E-state index contributed by atoms with van der Waals surface area (Å²) in [5.41, 5.74) is 0. The second kappa shape index (κ2) is 6.70. The highest BCUT2D eigenvalue weighted by atomic mass is 16.5. The molecule has 0 bridgehead atoms. The normalized spacial score (nSPS) is 11.9. The predicted octanol–water partition coefficient (Wildman–Crippen LogP) is -0.138. The third-order valence-electron chi connectivity index (χ3n) is 2.14. The molecule has 1 aromatic heterocycles. The van der Waals surface area contributed by atoms with Crippen molar-refractivity contribution in [3.8, 4) is 0 Å². The van der Waals surface area contributed by atoms with Crippen molar-refractivity contribution in [2.45, 2.75) is 18.9 Å². The van der Waals surface area contributed by atoms with Gasteiger partial charge in [-0.15, -0.1) is 0 Å². The molecule has 17 heavy (non-hydrogen) atoms. The first-order valence-electron chi connectivity index (χ1n) is 5.18. The minimum absolute atomic E-state index is 0.149. The molecule has 1 unspecified atom stereocenters. The van der Waals surface area contributed by atoms with E-state index in [9.17, 15) is 14.7 Å². The average molecular weight is 241 g/mol. The van der Waals surface area contributed by atoms with Crippen LogP contribution in [0.3, 0.4) is 0 Å². The molecule has 0 spiro atoms. The Kier molecular flexibility index (Phi) is 5.22. The monoisotopic (exact) mass is 241 g/mol. The molecule has 6 nitrogen and oxygen atoms in total. The number of aliphatic hydroxyl groups excluding tert-OH is 1. The first-order chi connectivity index (χ1) is 8.13. The summed E-state index contributed by atoms with van der Waals surface area (Å²) in [6.07, 6.45) is 0.926. The summed E-state index contributed by atoms with van der Waals surface area (Å²) in [7, 11) is 1.17. The van der Waals surface area contributed by atoms with E-state index in [1.165, 1.54) is 13.4 Å². The van der Waals surface area contributed by atoms with Gasteiger partial charge in [0.05, 0.1) is 19.9 Å². The lowest BCUT2D eigenvalue weighted by atomic mass is 10.2. The number of ether oxygens (including phenoxy) is 1. The molecule has 1 amide bonds. The van der Waals surface area contributed by atoms with Gasteiger partial charge in [0.2, 0.25) is 5.91 Å². The van der Waals surface area contributed by atoms with Gasteiger partial charge in [-0.05, 0) is 12.1 Å². The molecule has 0 saturated carbocycles. The number of hydrogen-bond donors (Lipinski definition) is 2. The van der Waals surface area contributed by atoms with Crippen LogP contribution in [-0.2, 0) is 20.7 Å².